The fourth-order valence-corrected chi connectivity index (χ4v) is 8.37. The minimum absolute atomic E-state index is 0.000856. The molecule has 10 rings (SSSR count). The Balaban J connectivity index is 0.000000149. The normalized spacial score (nSPS) is 15.2. The Morgan fingerprint density at radius 3 is 1.61 bits per heavy atom. The molecule has 0 saturated heterocycles. The summed E-state index contributed by atoms with van der Waals surface area (Å²) in [5, 5.41) is 23.8. The molecule has 340 valence electrons. The number of nitrogens with one attached hydrogen (secondary N) is 2. The number of hydrogen-bond donors (Lipinski definition) is 4. The largest absolute Gasteiger partial charge is 0.493 e. The van der Waals surface area contributed by atoms with Gasteiger partial charge in [0.15, 0.2) is 0 Å². The Morgan fingerprint density at radius 1 is 0.667 bits per heavy atom. The van der Waals surface area contributed by atoms with Crippen molar-refractivity contribution in [2.45, 2.75) is 77.0 Å². The van der Waals surface area contributed by atoms with Gasteiger partial charge < -0.3 is 39.6 Å². The molecule has 0 unspecified atom stereocenters. The maximum absolute atomic E-state index is 13.3. The van der Waals surface area contributed by atoms with Gasteiger partial charge in [-0.1, -0.05) is 41.9 Å². The number of anilines is 2. The molecule has 4 N–H and O–H groups in total. The van der Waals surface area contributed by atoms with Crippen molar-refractivity contribution < 1.29 is 38.6 Å². The summed E-state index contributed by atoms with van der Waals surface area (Å²) >= 11 is 6.14. The van der Waals surface area contributed by atoms with E-state index in [2.05, 4.69) is 37.7 Å². The fraction of sp³-hybridized carbons (Fsp3) is 0.320. The summed E-state index contributed by atoms with van der Waals surface area (Å²) in [6.07, 6.45) is 8.32. The van der Waals surface area contributed by atoms with E-state index in [1.165, 1.54) is 30.5 Å². The van der Waals surface area contributed by atoms with Crippen LogP contribution in [0.5, 0.6) is 23.3 Å². The molecule has 0 spiro atoms. The molecule has 2 amide bonds. The highest BCUT2D eigenvalue weighted by atomic mass is 35.5. The average molecular weight is 911 g/mol. The van der Waals surface area contributed by atoms with E-state index in [1.807, 2.05) is 76.2 Å². The summed E-state index contributed by atoms with van der Waals surface area (Å²) in [5.41, 5.74) is 9.74. The van der Waals surface area contributed by atoms with Gasteiger partial charge in [0, 0.05) is 42.3 Å². The lowest BCUT2D eigenvalue weighted by Crippen LogP contribution is -2.29. The first-order valence-corrected chi connectivity index (χ1v) is 22.2. The van der Waals surface area contributed by atoms with E-state index in [1.54, 1.807) is 19.4 Å². The molecule has 2 fully saturated rings. The van der Waals surface area contributed by atoms with Crippen LogP contribution in [0.3, 0.4) is 0 Å². The standard InChI is InChI=1S/C25H25N3O3.C19H19ClN2O2.C6H8BNO3/c1-15-12-21(27-23(16(15)2)18-4-7-22(30-3)26-14-18)28-24(29)25(9-10-25)19-5-6-20-17(13-19)8-11-31-20;1-11-9-16(21-17(20)12(11)2)22-18(23)19(6-7-19)14-3-4-15-13(10-14)5-8-24-15;1-11-6-3-2-5(4-8-6)7(9)10/h4-7,12-14H,8-11H2,1-3H3,(H,27,28,29);3-4,9-10H,5-8H2,1-2H3,(H,21,22,23);2-4,9-10H,1H3. The molecule has 4 aromatic heterocycles. The van der Waals surface area contributed by atoms with Gasteiger partial charge >= 0.3 is 7.12 Å². The molecule has 6 heterocycles. The van der Waals surface area contributed by atoms with Gasteiger partial charge in [0.25, 0.3) is 0 Å². The molecule has 2 aromatic carbocycles. The van der Waals surface area contributed by atoms with Crippen LogP contribution in [0.25, 0.3) is 11.3 Å². The van der Waals surface area contributed by atoms with E-state index in [0.29, 0.717) is 40.6 Å². The zero-order valence-electron chi connectivity index (χ0n) is 37.8. The monoisotopic (exact) mass is 910 g/mol. The summed E-state index contributed by atoms with van der Waals surface area (Å²) in [5.74, 6) is 3.96. The lowest BCUT2D eigenvalue weighted by atomic mass is 9.82. The van der Waals surface area contributed by atoms with E-state index in [4.69, 9.17) is 45.6 Å². The maximum atomic E-state index is 13.3. The van der Waals surface area contributed by atoms with Crippen molar-refractivity contribution in [2.24, 2.45) is 0 Å². The first-order valence-electron chi connectivity index (χ1n) is 21.9. The number of hydrogen-bond acceptors (Lipinski definition) is 12. The third-order valence-corrected chi connectivity index (χ3v) is 13.2. The molecular formula is C50H52BClN6O8. The van der Waals surface area contributed by atoms with Crippen LogP contribution in [-0.4, -0.2) is 76.4 Å². The predicted molar refractivity (Wildman–Crippen MR) is 253 cm³/mol. The molecule has 14 nitrogen and oxygen atoms in total. The number of methoxy groups -OCH3 is 2. The van der Waals surface area contributed by atoms with E-state index in [0.717, 1.165) is 101 Å². The van der Waals surface area contributed by atoms with Crippen LogP contribution >= 0.6 is 11.6 Å². The number of aromatic nitrogens is 4. The average Bonchev–Trinajstić information content (AvgIpc) is 4.22. The van der Waals surface area contributed by atoms with Crippen LogP contribution in [0, 0.1) is 27.7 Å². The number of nitrogens with zero attached hydrogens (tertiary/aromatic N) is 4. The van der Waals surface area contributed by atoms with Gasteiger partial charge in [-0.05, 0) is 134 Å². The van der Waals surface area contributed by atoms with Crippen LogP contribution in [0.4, 0.5) is 11.6 Å². The molecule has 0 bridgehead atoms. The van der Waals surface area contributed by atoms with Crippen LogP contribution in [-0.2, 0) is 33.3 Å². The van der Waals surface area contributed by atoms with Crippen molar-refractivity contribution in [3.05, 3.63) is 135 Å². The molecule has 16 heteroatoms. The van der Waals surface area contributed by atoms with E-state index in [-0.39, 0.29) is 11.8 Å². The van der Waals surface area contributed by atoms with Crippen LogP contribution in [0.2, 0.25) is 5.15 Å². The molecule has 6 aromatic rings. The zero-order chi connectivity index (χ0) is 46.8. The Kier molecular flexibility index (Phi) is 13.3. The van der Waals surface area contributed by atoms with Crippen LogP contribution < -0.4 is 35.0 Å². The summed E-state index contributed by atoms with van der Waals surface area (Å²) in [6.45, 7) is 9.39. The second-order valence-electron chi connectivity index (χ2n) is 17.0. The highest BCUT2D eigenvalue weighted by Crippen LogP contribution is 2.51. The smallest absolute Gasteiger partial charge is 0.490 e. The van der Waals surface area contributed by atoms with Crippen LogP contribution in [0.15, 0.2) is 85.2 Å². The number of carbonyl (C=O) groups excluding carboxylic acids is 2. The Morgan fingerprint density at radius 2 is 1.17 bits per heavy atom. The summed E-state index contributed by atoms with van der Waals surface area (Å²) in [6, 6.07) is 22.9. The van der Waals surface area contributed by atoms with Gasteiger partial charge in [-0.15, -0.1) is 0 Å². The number of halogens is 1. The summed E-state index contributed by atoms with van der Waals surface area (Å²) in [7, 11) is 1.62. The van der Waals surface area contributed by atoms with E-state index in [9.17, 15) is 9.59 Å². The molecule has 66 heavy (non-hydrogen) atoms. The zero-order valence-corrected chi connectivity index (χ0v) is 38.6. The molecule has 2 aliphatic heterocycles. The third-order valence-electron chi connectivity index (χ3n) is 12.8. The highest BCUT2D eigenvalue weighted by molar-refractivity contribution is 6.58. The SMILES string of the molecule is COc1ccc(-c2nc(NC(=O)C3(c4ccc5c(c4)CCO5)CC3)cc(C)c2C)cn1.COc1ccc(B(O)O)cn1.Cc1cc(NC(=O)C2(c3ccc4c(c3)CCO4)CC2)nc(Cl)c1C. The lowest BCUT2D eigenvalue weighted by molar-refractivity contribution is -0.119. The summed E-state index contributed by atoms with van der Waals surface area (Å²) < 4.78 is 21.1. The topological polar surface area (TPSA) is 187 Å². The van der Waals surface area contributed by atoms with Crippen molar-refractivity contribution in [1.82, 2.24) is 19.9 Å². The van der Waals surface area contributed by atoms with Crippen molar-refractivity contribution in [1.29, 1.82) is 0 Å². The van der Waals surface area contributed by atoms with Gasteiger partial charge in [0.2, 0.25) is 23.6 Å². The Labute approximate surface area is 389 Å². The quantitative estimate of drug-likeness (QED) is 0.0808. The second kappa shape index (κ2) is 19.1. The van der Waals surface area contributed by atoms with E-state index < -0.39 is 17.9 Å². The molecule has 2 aliphatic carbocycles. The van der Waals surface area contributed by atoms with Crippen molar-refractivity contribution in [2.75, 3.05) is 38.1 Å². The van der Waals surface area contributed by atoms with Crippen LogP contribution in [0.1, 0.15) is 70.2 Å². The molecule has 0 atom stereocenters. The number of carbonyl (C=O) groups is 2. The van der Waals surface area contributed by atoms with Gasteiger partial charge in [-0.25, -0.2) is 19.9 Å². The van der Waals surface area contributed by atoms with Gasteiger partial charge in [-0.2, -0.15) is 0 Å². The van der Waals surface area contributed by atoms with Crippen molar-refractivity contribution in [3.63, 3.8) is 0 Å². The summed E-state index contributed by atoms with van der Waals surface area (Å²) in [4.78, 5) is 43.3. The van der Waals surface area contributed by atoms with Gasteiger partial charge in [0.1, 0.15) is 28.3 Å². The minimum atomic E-state index is -1.46. The number of fused-ring (bicyclic) bond motifs is 2. The number of rotatable bonds is 10. The lowest BCUT2D eigenvalue weighted by Gasteiger charge is -2.18. The van der Waals surface area contributed by atoms with Gasteiger partial charge in [0.05, 0.1) is 44.0 Å². The van der Waals surface area contributed by atoms with Crippen molar-refractivity contribution in [3.8, 4) is 34.5 Å². The predicted octanol–water partition coefficient (Wildman–Crippen LogP) is 7.10. The molecule has 0 radical (unpaired) electrons. The number of amides is 2. The Hall–Kier alpha value is -6.55. The van der Waals surface area contributed by atoms with Gasteiger partial charge in [-0.3, -0.25) is 9.59 Å². The third kappa shape index (κ3) is 9.69. The fourth-order valence-electron chi connectivity index (χ4n) is 8.13. The number of pyridine rings is 4. The van der Waals surface area contributed by atoms with E-state index >= 15 is 0 Å². The second-order valence-corrected chi connectivity index (χ2v) is 17.4. The van der Waals surface area contributed by atoms with Crippen molar-refractivity contribution >= 4 is 47.6 Å². The molecule has 2 saturated carbocycles. The number of aryl methyl sites for hydroxylation is 2. The highest BCUT2D eigenvalue weighted by Gasteiger charge is 2.52. The molecular weight excluding hydrogens is 859 g/mol. The molecule has 4 aliphatic rings. The first-order chi connectivity index (χ1) is 31.7. The maximum Gasteiger partial charge on any atom is 0.490 e. The number of benzene rings is 2. The minimum Gasteiger partial charge on any atom is -0.493 e. The number of ether oxygens (including phenoxy) is 4. The first kappa shape index (κ1) is 46.0. The Bertz CT molecular complexity index is 2760.